The van der Waals surface area contributed by atoms with Gasteiger partial charge in [0.2, 0.25) is 5.91 Å². The highest BCUT2D eigenvalue weighted by Gasteiger charge is 2.08. The number of nitrogens with zero attached hydrogens (tertiary/aromatic N) is 2. The fraction of sp³-hybridized carbons (Fsp3) is 0.333. The van der Waals surface area contributed by atoms with Crippen LogP contribution in [0, 0.1) is 6.92 Å². The monoisotopic (exact) mass is 273 g/mol. The summed E-state index contributed by atoms with van der Waals surface area (Å²) in [5, 5.41) is 15.9. The van der Waals surface area contributed by atoms with E-state index in [1.165, 1.54) is 0 Å². The standard InChI is InChI=1S/C15H19N3O2/c1-12-11-14(17-18(12)9-10-19)16-15(20)8-7-13-5-3-2-4-6-13/h2-6,11,19H,7-10H2,1H3,(H,16,17,20). The zero-order valence-corrected chi connectivity index (χ0v) is 11.5. The quantitative estimate of drug-likeness (QED) is 0.842. The van der Waals surface area contributed by atoms with Gasteiger partial charge in [-0.2, -0.15) is 5.10 Å². The van der Waals surface area contributed by atoms with Gasteiger partial charge < -0.3 is 10.4 Å². The molecule has 2 aromatic rings. The van der Waals surface area contributed by atoms with Crippen molar-refractivity contribution in [1.29, 1.82) is 0 Å². The molecule has 0 unspecified atom stereocenters. The van der Waals surface area contributed by atoms with Crippen molar-refractivity contribution in [3.05, 3.63) is 47.7 Å². The Kier molecular flexibility index (Phi) is 4.90. The second kappa shape index (κ2) is 6.86. The van der Waals surface area contributed by atoms with Crippen LogP contribution in [0.15, 0.2) is 36.4 Å². The fourth-order valence-electron chi connectivity index (χ4n) is 2.00. The number of aryl methyl sites for hydroxylation is 2. The van der Waals surface area contributed by atoms with E-state index in [-0.39, 0.29) is 12.5 Å². The third-order valence-corrected chi connectivity index (χ3v) is 3.04. The molecule has 0 saturated carbocycles. The first-order valence-corrected chi connectivity index (χ1v) is 6.68. The molecular formula is C15H19N3O2. The molecule has 0 aliphatic rings. The molecule has 0 aliphatic carbocycles. The number of aromatic nitrogens is 2. The van der Waals surface area contributed by atoms with E-state index in [0.717, 1.165) is 11.3 Å². The summed E-state index contributed by atoms with van der Waals surface area (Å²) in [6, 6.07) is 11.7. The maximum atomic E-state index is 11.9. The summed E-state index contributed by atoms with van der Waals surface area (Å²) < 4.78 is 1.67. The molecule has 106 valence electrons. The fourth-order valence-corrected chi connectivity index (χ4v) is 2.00. The lowest BCUT2D eigenvalue weighted by molar-refractivity contribution is -0.116. The summed E-state index contributed by atoms with van der Waals surface area (Å²) in [7, 11) is 0. The summed E-state index contributed by atoms with van der Waals surface area (Å²) in [5.74, 6) is 0.483. The highest BCUT2D eigenvalue weighted by molar-refractivity contribution is 5.89. The SMILES string of the molecule is Cc1cc(NC(=O)CCc2ccccc2)nn1CCO. The van der Waals surface area contributed by atoms with Crippen LogP contribution in [0.25, 0.3) is 0 Å². The number of hydrogen-bond acceptors (Lipinski definition) is 3. The predicted molar refractivity (Wildman–Crippen MR) is 77.4 cm³/mol. The van der Waals surface area contributed by atoms with Gasteiger partial charge in [0, 0.05) is 18.2 Å². The van der Waals surface area contributed by atoms with Gasteiger partial charge >= 0.3 is 0 Å². The number of rotatable bonds is 6. The maximum absolute atomic E-state index is 11.9. The molecule has 1 aromatic heterocycles. The molecule has 0 radical (unpaired) electrons. The molecule has 1 heterocycles. The van der Waals surface area contributed by atoms with Crippen molar-refractivity contribution in [2.45, 2.75) is 26.3 Å². The van der Waals surface area contributed by atoms with Crippen molar-refractivity contribution in [1.82, 2.24) is 9.78 Å². The Morgan fingerprint density at radius 1 is 1.35 bits per heavy atom. The van der Waals surface area contributed by atoms with Crippen molar-refractivity contribution in [2.75, 3.05) is 11.9 Å². The number of amides is 1. The first-order chi connectivity index (χ1) is 9.69. The van der Waals surface area contributed by atoms with Crippen molar-refractivity contribution in [2.24, 2.45) is 0 Å². The molecular weight excluding hydrogens is 254 g/mol. The van der Waals surface area contributed by atoms with Crippen LogP contribution < -0.4 is 5.32 Å². The second-order valence-electron chi connectivity index (χ2n) is 4.65. The van der Waals surface area contributed by atoms with E-state index in [1.807, 2.05) is 37.3 Å². The topological polar surface area (TPSA) is 67.2 Å². The van der Waals surface area contributed by atoms with Crippen molar-refractivity contribution in [3.63, 3.8) is 0 Å². The summed E-state index contributed by atoms with van der Waals surface area (Å²) in [6.07, 6.45) is 1.14. The van der Waals surface area contributed by atoms with Crippen LogP contribution in [-0.4, -0.2) is 27.4 Å². The second-order valence-corrected chi connectivity index (χ2v) is 4.65. The van der Waals surface area contributed by atoms with Gasteiger partial charge in [-0.05, 0) is 18.9 Å². The third kappa shape index (κ3) is 3.93. The molecule has 2 N–H and O–H groups in total. The number of hydrogen-bond donors (Lipinski definition) is 2. The smallest absolute Gasteiger partial charge is 0.225 e. The lowest BCUT2D eigenvalue weighted by Crippen LogP contribution is -2.13. The van der Waals surface area contributed by atoms with Crippen LogP contribution in [0.2, 0.25) is 0 Å². The molecule has 0 aliphatic heterocycles. The summed E-state index contributed by atoms with van der Waals surface area (Å²) >= 11 is 0. The first kappa shape index (κ1) is 14.3. The van der Waals surface area contributed by atoms with Crippen molar-refractivity contribution in [3.8, 4) is 0 Å². The molecule has 5 heteroatoms. The van der Waals surface area contributed by atoms with Crippen LogP contribution >= 0.6 is 0 Å². The van der Waals surface area contributed by atoms with Crippen molar-refractivity contribution < 1.29 is 9.90 Å². The van der Waals surface area contributed by atoms with Crippen LogP contribution in [-0.2, 0) is 17.8 Å². The summed E-state index contributed by atoms with van der Waals surface area (Å²) in [4.78, 5) is 11.9. The minimum atomic E-state index is -0.0532. The Labute approximate surface area is 118 Å². The van der Waals surface area contributed by atoms with E-state index in [1.54, 1.807) is 10.7 Å². The Balaban J connectivity index is 1.86. The van der Waals surface area contributed by atoms with Gasteiger partial charge in [-0.3, -0.25) is 9.48 Å². The van der Waals surface area contributed by atoms with Crippen molar-refractivity contribution >= 4 is 11.7 Å². The van der Waals surface area contributed by atoms with Gasteiger partial charge in [-0.15, -0.1) is 0 Å². The highest BCUT2D eigenvalue weighted by Crippen LogP contribution is 2.09. The number of aliphatic hydroxyl groups excluding tert-OH is 1. The van der Waals surface area contributed by atoms with Crippen LogP contribution in [0.5, 0.6) is 0 Å². The molecule has 0 bridgehead atoms. The molecule has 0 fully saturated rings. The minimum absolute atomic E-state index is 0.0317. The number of benzene rings is 1. The largest absolute Gasteiger partial charge is 0.394 e. The Morgan fingerprint density at radius 3 is 2.80 bits per heavy atom. The van der Waals surface area contributed by atoms with Gasteiger partial charge in [0.25, 0.3) is 0 Å². The van der Waals surface area contributed by atoms with Gasteiger partial charge in [0.1, 0.15) is 0 Å². The Morgan fingerprint density at radius 2 is 2.10 bits per heavy atom. The van der Waals surface area contributed by atoms with E-state index in [9.17, 15) is 4.79 Å². The summed E-state index contributed by atoms with van der Waals surface area (Å²) in [5.41, 5.74) is 2.06. The average Bonchev–Trinajstić information content (AvgIpc) is 2.78. The Hall–Kier alpha value is -2.14. The number of carbonyl (C=O) groups is 1. The van der Waals surface area contributed by atoms with E-state index in [2.05, 4.69) is 10.4 Å². The Bertz CT molecular complexity index is 564. The number of aliphatic hydroxyl groups is 1. The van der Waals surface area contributed by atoms with Crippen LogP contribution in [0.3, 0.4) is 0 Å². The molecule has 0 atom stereocenters. The molecule has 2 rings (SSSR count). The molecule has 1 aromatic carbocycles. The van der Waals surface area contributed by atoms with E-state index in [4.69, 9.17) is 5.11 Å². The zero-order chi connectivity index (χ0) is 14.4. The lowest BCUT2D eigenvalue weighted by Gasteiger charge is -2.02. The summed E-state index contributed by atoms with van der Waals surface area (Å²) in [6.45, 7) is 2.36. The highest BCUT2D eigenvalue weighted by atomic mass is 16.3. The normalized spacial score (nSPS) is 10.5. The van der Waals surface area contributed by atoms with Gasteiger partial charge in [0.15, 0.2) is 5.82 Å². The number of nitrogens with one attached hydrogen (secondary N) is 1. The van der Waals surface area contributed by atoms with Gasteiger partial charge in [-0.1, -0.05) is 30.3 Å². The van der Waals surface area contributed by atoms with E-state index in [0.29, 0.717) is 25.2 Å². The molecule has 0 spiro atoms. The number of carbonyl (C=O) groups excluding carboxylic acids is 1. The molecule has 1 amide bonds. The minimum Gasteiger partial charge on any atom is -0.394 e. The molecule has 5 nitrogen and oxygen atoms in total. The number of anilines is 1. The average molecular weight is 273 g/mol. The first-order valence-electron chi connectivity index (χ1n) is 6.68. The van der Waals surface area contributed by atoms with Gasteiger partial charge in [0.05, 0.1) is 13.2 Å². The van der Waals surface area contributed by atoms with E-state index < -0.39 is 0 Å². The lowest BCUT2D eigenvalue weighted by atomic mass is 10.1. The van der Waals surface area contributed by atoms with Crippen LogP contribution in [0.1, 0.15) is 17.7 Å². The third-order valence-electron chi connectivity index (χ3n) is 3.04. The zero-order valence-electron chi connectivity index (χ0n) is 11.5. The molecule has 20 heavy (non-hydrogen) atoms. The van der Waals surface area contributed by atoms with Crippen LogP contribution in [0.4, 0.5) is 5.82 Å². The predicted octanol–water partition coefficient (Wildman–Crippen LogP) is 1.76. The maximum Gasteiger partial charge on any atom is 0.225 e. The molecule has 0 saturated heterocycles. The van der Waals surface area contributed by atoms with Gasteiger partial charge in [-0.25, -0.2) is 0 Å². The van der Waals surface area contributed by atoms with E-state index >= 15 is 0 Å².